The van der Waals surface area contributed by atoms with Crippen molar-refractivity contribution in [1.82, 2.24) is 14.6 Å². The number of sulfonamides is 1. The van der Waals surface area contributed by atoms with Gasteiger partial charge in [0.2, 0.25) is 15.9 Å². The van der Waals surface area contributed by atoms with E-state index in [9.17, 15) is 17.6 Å². The van der Waals surface area contributed by atoms with Crippen LogP contribution in [0.15, 0.2) is 30.6 Å². The molecular weight excluding hydrogens is 600 g/mol. The van der Waals surface area contributed by atoms with E-state index in [-0.39, 0.29) is 58.7 Å². The molecule has 9 nitrogen and oxygen atoms in total. The SMILES string of the molecule is C[C@@H]1CC(C(c2ccc(Cl)c(F)c2)C(N)C(=O)Nc2cncc(F)c2CC[C@H]2CN[C@@H]3CCCS(=O)(=O)N2C3)C[C@H](C)O1. The topological polar surface area (TPSA) is 127 Å². The van der Waals surface area contributed by atoms with Gasteiger partial charge >= 0.3 is 0 Å². The Labute approximate surface area is 256 Å². The minimum atomic E-state index is -3.40. The van der Waals surface area contributed by atoms with Gasteiger partial charge in [0.15, 0.2) is 0 Å². The molecule has 2 aromatic rings. The van der Waals surface area contributed by atoms with Gasteiger partial charge in [0.25, 0.3) is 0 Å². The van der Waals surface area contributed by atoms with Crippen molar-refractivity contribution in [3.8, 4) is 0 Å². The minimum absolute atomic E-state index is 0.0265. The van der Waals surface area contributed by atoms with E-state index >= 15 is 4.39 Å². The summed E-state index contributed by atoms with van der Waals surface area (Å²) in [6, 6.07) is 3.15. The van der Waals surface area contributed by atoms with Crippen molar-refractivity contribution in [3.05, 3.63) is 58.4 Å². The van der Waals surface area contributed by atoms with Crippen LogP contribution in [0.25, 0.3) is 0 Å². The zero-order valence-electron chi connectivity index (χ0n) is 24.4. The van der Waals surface area contributed by atoms with Crippen molar-refractivity contribution in [2.24, 2.45) is 11.7 Å². The lowest BCUT2D eigenvalue weighted by Gasteiger charge is -2.39. The predicted molar refractivity (Wildman–Crippen MR) is 161 cm³/mol. The molecule has 3 aliphatic heterocycles. The quantitative estimate of drug-likeness (QED) is 0.399. The molecule has 1 amide bonds. The van der Waals surface area contributed by atoms with Crippen LogP contribution in [-0.4, -0.2) is 72.8 Å². The third-order valence-electron chi connectivity index (χ3n) is 9.01. The lowest BCUT2D eigenvalue weighted by atomic mass is 9.74. The van der Waals surface area contributed by atoms with Crippen molar-refractivity contribution in [2.75, 3.05) is 24.2 Å². The molecule has 236 valence electrons. The number of pyridine rings is 1. The first kappa shape index (κ1) is 32.2. The Morgan fingerprint density at radius 1 is 1.23 bits per heavy atom. The Balaban J connectivity index is 1.36. The lowest BCUT2D eigenvalue weighted by Crippen LogP contribution is -2.57. The van der Waals surface area contributed by atoms with E-state index in [1.807, 2.05) is 13.8 Å². The summed E-state index contributed by atoms with van der Waals surface area (Å²) in [5.41, 5.74) is 7.58. The van der Waals surface area contributed by atoms with Crippen LogP contribution in [0, 0.1) is 17.6 Å². The van der Waals surface area contributed by atoms with E-state index in [1.54, 1.807) is 10.4 Å². The monoisotopic (exact) mass is 639 g/mol. The second-order valence-corrected chi connectivity index (χ2v) is 14.6. The highest BCUT2D eigenvalue weighted by atomic mass is 35.5. The molecule has 0 radical (unpaired) electrons. The zero-order chi connectivity index (χ0) is 30.9. The molecule has 3 saturated heterocycles. The molecule has 0 saturated carbocycles. The summed E-state index contributed by atoms with van der Waals surface area (Å²) in [5.74, 6) is -2.29. The average molecular weight is 640 g/mol. The Kier molecular flexibility index (Phi) is 10.0. The highest BCUT2D eigenvalue weighted by molar-refractivity contribution is 7.89. The van der Waals surface area contributed by atoms with E-state index < -0.39 is 39.5 Å². The van der Waals surface area contributed by atoms with Crippen LogP contribution in [0.3, 0.4) is 0 Å². The molecule has 1 aromatic heterocycles. The molecular formula is C30H40ClF2N5O4S. The standard InChI is InChI=1S/C30H40ClF2N5O4S/c1-17-10-20(11-18(2)42-17)28(19-5-8-24(31)25(32)12-19)29(34)30(39)37-27-15-35-14-26(33)23(27)7-6-22-13-36-21-4-3-9-43(40,41)38(22)16-21/h5,8,12,14-15,17-18,20-22,28-29,36H,3-4,6-7,9-11,13,16,34H2,1-2H3,(H,37,39)/t17-,18+,20?,21-,22+,28?,29?/m1/s1. The van der Waals surface area contributed by atoms with Crippen LogP contribution in [-0.2, 0) is 26.0 Å². The predicted octanol–water partition coefficient (Wildman–Crippen LogP) is 3.97. The highest BCUT2D eigenvalue weighted by Crippen LogP contribution is 2.39. The maximum absolute atomic E-state index is 15.1. The van der Waals surface area contributed by atoms with Gasteiger partial charge in [-0.05, 0) is 76.0 Å². The molecule has 0 aliphatic carbocycles. The van der Waals surface area contributed by atoms with E-state index in [0.29, 0.717) is 44.3 Å². The number of anilines is 1. The van der Waals surface area contributed by atoms with Crippen LogP contribution in [0.1, 0.15) is 63.0 Å². The second-order valence-electron chi connectivity index (χ2n) is 12.2. The number of rotatable bonds is 8. The molecule has 13 heteroatoms. The lowest BCUT2D eigenvalue weighted by molar-refractivity contribution is -0.119. The highest BCUT2D eigenvalue weighted by Gasteiger charge is 2.39. The van der Waals surface area contributed by atoms with E-state index in [1.165, 1.54) is 18.3 Å². The number of amides is 1. The van der Waals surface area contributed by atoms with E-state index in [0.717, 1.165) is 12.6 Å². The number of hydrogen-bond acceptors (Lipinski definition) is 7. The Morgan fingerprint density at radius 2 is 1.98 bits per heavy atom. The number of aromatic nitrogens is 1. The largest absolute Gasteiger partial charge is 0.376 e. The summed E-state index contributed by atoms with van der Waals surface area (Å²) in [6.45, 7) is 4.79. The molecule has 0 spiro atoms. The molecule has 2 bridgehead atoms. The van der Waals surface area contributed by atoms with Gasteiger partial charge in [-0.2, -0.15) is 4.31 Å². The fourth-order valence-electron chi connectivity index (χ4n) is 7.00. The summed E-state index contributed by atoms with van der Waals surface area (Å²) in [7, 11) is -3.40. The molecule has 3 aliphatic rings. The molecule has 1 aromatic carbocycles. The van der Waals surface area contributed by atoms with E-state index in [4.69, 9.17) is 22.1 Å². The summed E-state index contributed by atoms with van der Waals surface area (Å²) in [4.78, 5) is 17.6. The Hall–Kier alpha value is -2.22. The third kappa shape index (κ3) is 7.37. The summed E-state index contributed by atoms with van der Waals surface area (Å²) in [5, 5.41) is 6.18. The molecule has 4 unspecified atom stereocenters. The smallest absolute Gasteiger partial charge is 0.241 e. The van der Waals surface area contributed by atoms with Crippen molar-refractivity contribution < 1.29 is 26.7 Å². The molecule has 3 fully saturated rings. The van der Waals surface area contributed by atoms with Gasteiger partial charge < -0.3 is 21.1 Å². The van der Waals surface area contributed by atoms with Gasteiger partial charge in [-0.15, -0.1) is 0 Å². The van der Waals surface area contributed by atoms with Crippen molar-refractivity contribution in [1.29, 1.82) is 0 Å². The maximum Gasteiger partial charge on any atom is 0.241 e. The first-order chi connectivity index (χ1) is 20.4. The maximum atomic E-state index is 15.1. The van der Waals surface area contributed by atoms with E-state index in [2.05, 4.69) is 15.6 Å². The average Bonchev–Trinajstić information content (AvgIpc) is 3.06. The Bertz CT molecular complexity index is 1420. The number of carbonyl (C=O) groups is 1. The molecule has 5 rings (SSSR count). The van der Waals surface area contributed by atoms with Crippen LogP contribution in [0.2, 0.25) is 5.02 Å². The number of nitrogens with zero attached hydrogens (tertiary/aromatic N) is 2. The van der Waals surface area contributed by atoms with Crippen molar-refractivity contribution in [2.45, 2.75) is 88.6 Å². The van der Waals surface area contributed by atoms with Crippen LogP contribution >= 0.6 is 11.6 Å². The molecule has 4 N–H and O–H groups in total. The number of fused-ring (bicyclic) bond motifs is 2. The first-order valence-electron chi connectivity index (χ1n) is 14.9. The zero-order valence-corrected chi connectivity index (χ0v) is 26.0. The summed E-state index contributed by atoms with van der Waals surface area (Å²) in [6.07, 6.45) is 5.51. The van der Waals surface area contributed by atoms with Gasteiger partial charge in [0.05, 0.1) is 47.1 Å². The fraction of sp³-hybridized carbons (Fsp3) is 0.600. The summed E-state index contributed by atoms with van der Waals surface area (Å²) < 4.78 is 62.9. The number of nitrogens with one attached hydrogen (secondary N) is 2. The van der Waals surface area contributed by atoms with Crippen molar-refractivity contribution in [3.63, 3.8) is 0 Å². The first-order valence-corrected chi connectivity index (χ1v) is 16.9. The van der Waals surface area contributed by atoms with Gasteiger partial charge in [0, 0.05) is 36.7 Å². The molecule has 4 heterocycles. The fourth-order valence-corrected chi connectivity index (χ4v) is 8.93. The number of benzene rings is 1. The van der Waals surface area contributed by atoms with Crippen molar-refractivity contribution >= 4 is 33.2 Å². The number of carbonyl (C=O) groups excluding carboxylic acids is 1. The number of nitrogens with two attached hydrogens (primary N) is 1. The number of ether oxygens (including phenoxy) is 1. The third-order valence-corrected chi connectivity index (χ3v) is 11.3. The van der Waals surface area contributed by atoms with Crippen LogP contribution in [0.4, 0.5) is 14.5 Å². The molecule has 8 atom stereocenters. The number of hydrogen-bond donors (Lipinski definition) is 3. The summed E-state index contributed by atoms with van der Waals surface area (Å²) >= 11 is 5.95. The Morgan fingerprint density at radius 3 is 2.70 bits per heavy atom. The number of halogens is 3. The van der Waals surface area contributed by atoms with Gasteiger partial charge in [0.1, 0.15) is 11.6 Å². The van der Waals surface area contributed by atoms with Crippen LogP contribution in [0.5, 0.6) is 0 Å². The molecule has 43 heavy (non-hydrogen) atoms. The number of piperazine rings is 1. The minimum Gasteiger partial charge on any atom is -0.376 e. The van der Waals surface area contributed by atoms with Gasteiger partial charge in [-0.1, -0.05) is 17.7 Å². The van der Waals surface area contributed by atoms with Gasteiger partial charge in [-0.3, -0.25) is 9.78 Å². The van der Waals surface area contributed by atoms with Crippen LogP contribution < -0.4 is 16.4 Å². The second kappa shape index (κ2) is 13.4. The normalized spacial score (nSPS) is 30.2. The van der Waals surface area contributed by atoms with Gasteiger partial charge in [-0.25, -0.2) is 17.2 Å².